The molecular formula is C23H21N3O4. The largest absolute Gasteiger partial charge is 0.506 e. The van der Waals surface area contributed by atoms with E-state index in [0.29, 0.717) is 28.0 Å². The predicted octanol–water partition coefficient (Wildman–Crippen LogP) is 4.78. The molecule has 30 heavy (non-hydrogen) atoms. The molecule has 0 saturated carbocycles. The molecule has 2 amide bonds. The highest BCUT2D eigenvalue weighted by molar-refractivity contribution is 6.35. The third-order valence-electron chi connectivity index (χ3n) is 4.53. The molecule has 152 valence electrons. The first kappa shape index (κ1) is 19.4. The number of nitrogens with one attached hydrogen (secondary N) is 2. The number of nitrogens with zero attached hydrogens (tertiary/aromatic N) is 1. The summed E-state index contributed by atoms with van der Waals surface area (Å²) < 4.78 is 5.29. The van der Waals surface area contributed by atoms with Crippen LogP contribution in [0.5, 0.6) is 5.75 Å². The zero-order valence-electron chi connectivity index (χ0n) is 16.8. The van der Waals surface area contributed by atoms with Crippen molar-refractivity contribution in [2.75, 3.05) is 10.6 Å². The minimum Gasteiger partial charge on any atom is -0.506 e. The Morgan fingerprint density at radius 1 is 1.20 bits per heavy atom. The SMILES string of the molecule is CC(C)(C)OC(=O)Nc1ccc2c(c1)C(=Cc1ccc(O)c3ncccc13)C(=O)N2. The molecular weight excluding hydrogens is 382 g/mol. The van der Waals surface area contributed by atoms with Gasteiger partial charge in [-0.05, 0) is 62.7 Å². The average molecular weight is 403 g/mol. The second-order valence-corrected chi connectivity index (χ2v) is 7.97. The van der Waals surface area contributed by atoms with Crippen molar-refractivity contribution in [1.29, 1.82) is 0 Å². The van der Waals surface area contributed by atoms with Crippen LogP contribution in [0.4, 0.5) is 16.2 Å². The summed E-state index contributed by atoms with van der Waals surface area (Å²) in [7, 11) is 0. The Morgan fingerprint density at radius 2 is 2.00 bits per heavy atom. The number of phenolic OH excluding ortho intramolecular Hbond substituents is 1. The number of pyridine rings is 1. The van der Waals surface area contributed by atoms with E-state index in [0.717, 1.165) is 10.9 Å². The van der Waals surface area contributed by atoms with Gasteiger partial charge in [-0.1, -0.05) is 12.1 Å². The molecule has 2 heterocycles. The fourth-order valence-corrected chi connectivity index (χ4v) is 3.29. The Morgan fingerprint density at radius 3 is 2.77 bits per heavy atom. The maximum absolute atomic E-state index is 12.6. The van der Waals surface area contributed by atoms with Gasteiger partial charge in [0.2, 0.25) is 0 Å². The second-order valence-electron chi connectivity index (χ2n) is 7.97. The van der Waals surface area contributed by atoms with Crippen LogP contribution in [0.2, 0.25) is 0 Å². The summed E-state index contributed by atoms with van der Waals surface area (Å²) in [6.07, 6.45) is 2.79. The summed E-state index contributed by atoms with van der Waals surface area (Å²) in [5.74, 6) is -0.169. The smallest absolute Gasteiger partial charge is 0.412 e. The molecule has 0 radical (unpaired) electrons. The van der Waals surface area contributed by atoms with E-state index < -0.39 is 11.7 Å². The maximum atomic E-state index is 12.6. The molecule has 0 atom stereocenters. The lowest BCUT2D eigenvalue weighted by Gasteiger charge is -2.19. The number of carbonyl (C=O) groups is 2. The summed E-state index contributed by atoms with van der Waals surface area (Å²) in [6, 6.07) is 12.1. The number of anilines is 2. The number of aromatic nitrogens is 1. The number of ether oxygens (including phenoxy) is 1. The van der Waals surface area contributed by atoms with Crippen molar-refractivity contribution < 1.29 is 19.4 Å². The van der Waals surface area contributed by atoms with Gasteiger partial charge in [-0.25, -0.2) is 4.79 Å². The highest BCUT2D eigenvalue weighted by Gasteiger charge is 2.25. The van der Waals surface area contributed by atoms with Crippen molar-refractivity contribution in [3.8, 4) is 5.75 Å². The first-order chi connectivity index (χ1) is 14.2. The van der Waals surface area contributed by atoms with Crippen LogP contribution in [0, 0.1) is 0 Å². The molecule has 3 aromatic rings. The van der Waals surface area contributed by atoms with E-state index >= 15 is 0 Å². The normalized spacial score (nSPS) is 14.5. The highest BCUT2D eigenvalue weighted by atomic mass is 16.6. The number of carbonyl (C=O) groups excluding carboxylic acids is 2. The van der Waals surface area contributed by atoms with E-state index in [4.69, 9.17) is 4.74 Å². The Bertz CT molecular complexity index is 1210. The molecule has 1 aliphatic rings. The van der Waals surface area contributed by atoms with Gasteiger partial charge in [0.1, 0.15) is 16.9 Å². The van der Waals surface area contributed by atoms with Crippen molar-refractivity contribution >= 4 is 45.9 Å². The summed E-state index contributed by atoms with van der Waals surface area (Å²) in [5.41, 5.74) is 2.89. The van der Waals surface area contributed by atoms with Crippen LogP contribution in [0.3, 0.4) is 0 Å². The van der Waals surface area contributed by atoms with Crippen LogP contribution in [0.1, 0.15) is 31.9 Å². The number of fused-ring (bicyclic) bond motifs is 2. The average Bonchev–Trinajstić information content (AvgIpc) is 2.97. The molecule has 0 bridgehead atoms. The molecule has 7 heteroatoms. The minimum absolute atomic E-state index is 0.0767. The third-order valence-corrected chi connectivity index (χ3v) is 4.53. The van der Waals surface area contributed by atoms with Crippen LogP contribution in [-0.4, -0.2) is 27.7 Å². The second kappa shape index (κ2) is 7.18. The number of hydrogen-bond acceptors (Lipinski definition) is 5. The summed E-state index contributed by atoms with van der Waals surface area (Å²) in [5, 5.41) is 16.3. The van der Waals surface area contributed by atoms with E-state index in [1.54, 1.807) is 69.4 Å². The quantitative estimate of drug-likeness (QED) is 0.535. The third kappa shape index (κ3) is 3.82. The van der Waals surface area contributed by atoms with Crippen molar-refractivity contribution in [2.45, 2.75) is 26.4 Å². The number of benzene rings is 2. The standard InChI is InChI=1S/C23H21N3O4/c1-23(2,3)30-22(29)25-14-7-8-18-16(12-14)17(21(28)26-18)11-13-6-9-19(27)20-15(13)5-4-10-24-20/h4-12,27H,1-3H3,(H,25,29)(H,26,28). The fraction of sp³-hybridized carbons (Fsp3) is 0.174. The monoisotopic (exact) mass is 403 g/mol. The van der Waals surface area contributed by atoms with Crippen molar-refractivity contribution in [3.05, 3.63) is 59.8 Å². The highest BCUT2D eigenvalue weighted by Crippen LogP contribution is 2.36. The van der Waals surface area contributed by atoms with Crippen LogP contribution in [0.25, 0.3) is 22.6 Å². The molecule has 0 aliphatic carbocycles. The molecule has 4 rings (SSSR count). The Labute approximate surface area is 173 Å². The van der Waals surface area contributed by atoms with E-state index in [-0.39, 0.29) is 11.7 Å². The number of aromatic hydroxyl groups is 1. The van der Waals surface area contributed by atoms with Gasteiger partial charge in [0.15, 0.2) is 0 Å². The van der Waals surface area contributed by atoms with Gasteiger partial charge in [0.25, 0.3) is 5.91 Å². The molecule has 7 nitrogen and oxygen atoms in total. The maximum Gasteiger partial charge on any atom is 0.412 e. The molecule has 0 unspecified atom stereocenters. The van der Waals surface area contributed by atoms with Crippen LogP contribution in [-0.2, 0) is 9.53 Å². The Kier molecular flexibility index (Phi) is 4.66. The number of phenols is 1. The summed E-state index contributed by atoms with van der Waals surface area (Å²) in [4.78, 5) is 28.9. The molecule has 1 aliphatic heterocycles. The molecule has 0 spiro atoms. The zero-order chi connectivity index (χ0) is 21.5. The van der Waals surface area contributed by atoms with Gasteiger partial charge in [-0.2, -0.15) is 0 Å². The number of hydrogen-bond donors (Lipinski definition) is 3. The van der Waals surface area contributed by atoms with Crippen molar-refractivity contribution in [2.24, 2.45) is 0 Å². The van der Waals surface area contributed by atoms with Crippen molar-refractivity contribution in [3.63, 3.8) is 0 Å². The summed E-state index contributed by atoms with van der Waals surface area (Å²) >= 11 is 0. The van der Waals surface area contributed by atoms with Crippen LogP contribution < -0.4 is 10.6 Å². The lowest BCUT2D eigenvalue weighted by molar-refractivity contribution is -0.110. The van der Waals surface area contributed by atoms with Crippen molar-refractivity contribution in [1.82, 2.24) is 4.98 Å². The number of rotatable bonds is 2. The Balaban J connectivity index is 1.72. The molecule has 1 aromatic heterocycles. The van der Waals surface area contributed by atoms with Gasteiger partial charge >= 0.3 is 6.09 Å². The Hall–Kier alpha value is -3.87. The van der Waals surface area contributed by atoms with Crippen LogP contribution in [0.15, 0.2) is 48.7 Å². The minimum atomic E-state index is -0.614. The van der Waals surface area contributed by atoms with Gasteiger partial charge in [-0.15, -0.1) is 0 Å². The first-order valence-corrected chi connectivity index (χ1v) is 9.45. The van der Waals surface area contributed by atoms with Crippen LogP contribution >= 0.6 is 0 Å². The first-order valence-electron chi connectivity index (χ1n) is 9.45. The lowest BCUT2D eigenvalue weighted by Crippen LogP contribution is -2.27. The molecule has 0 fully saturated rings. The topological polar surface area (TPSA) is 101 Å². The fourth-order valence-electron chi connectivity index (χ4n) is 3.29. The van der Waals surface area contributed by atoms with Gasteiger partial charge in [0.05, 0.1) is 0 Å². The van der Waals surface area contributed by atoms with E-state index in [2.05, 4.69) is 15.6 Å². The zero-order valence-corrected chi connectivity index (χ0v) is 16.8. The lowest BCUT2D eigenvalue weighted by atomic mass is 10.0. The van der Waals surface area contributed by atoms with Gasteiger partial charge in [0, 0.05) is 34.1 Å². The van der Waals surface area contributed by atoms with Gasteiger partial charge < -0.3 is 15.2 Å². The number of amides is 2. The van der Waals surface area contributed by atoms with Gasteiger partial charge in [-0.3, -0.25) is 15.1 Å². The van der Waals surface area contributed by atoms with E-state index in [1.807, 2.05) is 6.07 Å². The van der Waals surface area contributed by atoms with E-state index in [1.165, 1.54) is 0 Å². The molecule has 0 saturated heterocycles. The predicted molar refractivity (Wildman–Crippen MR) is 116 cm³/mol. The van der Waals surface area contributed by atoms with E-state index in [9.17, 15) is 14.7 Å². The molecule has 3 N–H and O–H groups in total. The molecule has 2 aromatic carbocycles. The summed E-state index contributed by atoms with van der Waals surface area (Å²) in [6.45, 7) is 5.36.